The molecule has 3 aliphatic carbocycles. The van der Waals surface area contributed by atoms with Crippen molar-refractivity contribution >= 4 is 50.8 Å². The number of rotatable bonds is 9. The molecule has 2 aliphatic heterocycles. The van der Waals surface area contributed by atoms with Crippen LogP contribution in [0.4, 0.5) is 22.4 Å². The highest BCUT2D eigenvalue weighted by molar-refractivity contribution is 7.91. The van der Waals surface area contributed by atoms with Crippen molar-refractivity contribution in [1.82, 2.24) is 30.2 Å². The molecule has 5 aliphatic rings. The number of sulfonamides is 1. The third-order valence-corrected chi connectivity index (χ3v) is 15.5. The Hall–Kier alpha value is -5.02. The van der Waals surface area contributed by atoms with E-state index in [4.69, 9.17) is 19.9 Å². The number of nitrogens with two attached hydrogens (primary N) is 1. The van der Waals surface area contributed by atoms with Gasteiger partial charge in [0.05, 0.1) is 35.4 Å². The molecule has 2 bridgehead atoms. The largest absolute Gasteiger partial charge is 0.497 e. The molecular formula is C44H61F4N7O10S. The van der Waals surface area contributed by atoms with Crippen LogP contribution in [0.25, 0.3) is 11.0 Å². The normalized spacial score (nSPS) is 29.3. The van der Waals surface area contributed by atoms with Crippen LogP contribution in [-0.4, -0.2) is 108 Å². The van der Waals surface area contributed by atoms with Gasteiger partial charge in [0.25, 0.3) is 11.8 Å². The van der Waals surface area contributed by atoms with Gasteiger partial charge >= 0.3 is 6.09 Å². The summed E-state index contributed by atoms with van der Waals surface area (Å²) in [4.78, 5) is 76.3. The van der Waals surface area contributed by atoms with Crippen LogP contribution in [0.2, 0.25) is 0 Å². The summed E-state index contributed by atoms with van der Waals surface area (Å²) in [5.74, 6) is -10.1. The number of halogens is 4. The maximum atomic E-state index is 16.3. The fourth-order valence-electron chi connectivity index (χ4n) is 8.43. The van der Waals surface area contributed by atoms with Crippen LogP contribution in [0, 0.1) is 29.1 Å². The van der Waals surface area contributed by atoms with Crippen LogP contribution >= 0.6 is 0 Å². The van der Waals surface area contributed by atoms with Crippen molar-refractivity contribution in [2.75, 3.05) is 13.7 Å². The maximum absolute atomic E-state index is 16.3. The topological polar surface area (TPSA) is 238 Å². The molecule has 3 saturated carbocycles. The van der Waals surface area contributed by atoms with Gasteiger partial charge in [-0.15, -0.1) is 0 Å². The van der Waals surface area contributed by atoms with Gasteiger partial charge in [-0.2, -0.15) is 8.78 Å². The van der Waals surface area contributed by atoms with Crippen LogP contribution in [-0.2, 0) is 39.9 Å². The van der Waals surface area contributed by atoms with Gasteiger partial charge in [0.15, 0.2) is 5.69 Å². The fourth-order valence-corrected chi connectivity index (χ4v) is 9.74. The van der Waals surface area contributed by atoms with E-state index >= 15 is 8.78 Å². The summed E-state index contributed by atoms with van der Waals surface area (Å²) < 4.78 is 105. The van der Waals surface area contributed by atoms with E-state index in [9.17, 15) is 41.2 Å². The van der Waals surface area contributed by atoms with Crippen molar-refractivity contribution in [2.45, 2.75) is 153 Å². The molecule has 22 heteroatoms. The van der Waals surface area contributed by atoms with E-state index in [1.165, 1.54) is 26.2 Å². The highest BCUT2D eigenvalue weighted by Crippen LogP contribution is 2.50. The summed E-state index contributed by atoms with van der Waals surface area (Å²) in [6, 6.07) is 1.59. The minimum Gasteiger partial charge on any atom is -0.497 e. The van der Waals surface area contributed by atoms with E-state index in [0.717, 1.165) is 4.90 Å². The van der Waals surface area contributed by atoms with E-state index < -0.39 is 129 Å². The van der Waals surface area contributed by atoms with E-state index in [1.807, 2.05) is 4.72 Å². The van der Waals surface area contributed by atoms with E-state index in [0.29, 0.717) is 25.0 Å². The molecule has 1 aromatic carbocycles. The molecule has 366 valence electrons. The average molecular weight is 956 g/mol. The highest BCUT2D eigenvalue weighted by atomic mass is 32.2. The van der Waals surface area contributed by atoms with Gasteiger partial charge in [-0.25, -0.2) is 32.0 Å². The first-order chi connectivity index (χ1) is 30.7. The predicted octanol–water partition coefficient (Wildman–Crippen LogP) is 5.08. The van der Waals surface area contributed by atoms with Crippen molar-refractivity contribution in [3.63, 3.8) is 0 Å². The number of aromatic nitrogens is 2. The van der Waals surface area contributed by atoms with E-state index in [-0.39, 0.29) is 54.5 Å². The summed E-state index contributed by atoms with van der Waals surface area (Å²) in [5.41, 5.74) is 0.966. The molecule has 3 heterocycles. The van der Waals surface area contributed by atoms with Gasteiger partial charge in [-0.3, -0.25) is 23.9 Å². The molecule has 5 amide bonds. The van der Waals surface area contributed by atoms with Crippen LogP contribution in [0.3, 0.4) is 0 Å². The molecule has 66 heavy (non-hydrogen) atoms. The molecule has 0 radical (unpaired) electrons. The second-order valence-electron chi connectivity index (χ2n) is 19.8. The monoisotopic (exact) mass is 955 g/mol. The Morgan fingerprint density at radius 3 is 2.27 bits per heavy atom. The summed E-state index contributed by atoms with van der Waals surface area (Å²) >= 11 is 0. The fraction of sp³-hybridized carbons (Fsp3) is 0.705. The Bertz CT molecular complexity index is 2330. The van der Waals surface area contributed by atoms with Gasteiger partial charge in [-0.1, -0.05) is 48.0 Å². The third-order valence-electron chi connectivity index (χ3n) is 13.3. The smallest absolute Gasteiger partial charge is 0.408 e. The lowest BCUT2D eigenvalue weighted by Crippen LogP contribution is -2.61. The molecule has 2 aromatic rings. The van der Waals surface area contributed by atoms with Gasteiger partial charge in [0.1, 0.15) is 35.6 Å². The maximum Gasteiger partial charge on any atom is 0.408 e. The predicted molar refractivity (Wildman–Crippen MR) is 231 cm³/mol. The molecular weight excluding hydrogens is 895 g/mol. The minimum absolute atomic E-state index is 0.00926. The summed E-state index contributed by atoms with van der Waals surface area (Å²) in [5, 5.41) is 5.06. The first-order valence-electron chi connectivity index (χ1n) is 22.3. The molecule has 17 nitrogen and oxygen atoms in total. The number of amides is 5. The van der Waals surface area contributed by atoms with Gasteiger partial charge in [-0.05, 0) is 75.3 Å². The Labute approximate surface area is 381 Å². The molecule has 1 aromatic heterocycles. The molecule has 8 atom stereocenters. The summed E-state index contributed by atoms with van der Waals surface area (Å²) in [7, 11) is -2.89. The molecule has 0 spiro atoms. The van der Waals surface area contributed by atoms with Gasteiger partial charge < -0.3 is 35.5 Å². The minimum atomic E-state index is -4.31. The lowest BCUT2D eigenvalue weighted by Gasteiger charge is -2.36. The molecule has 5 N–H and O–H groups in total. The number of primary amides is 1. The Kier molecular flexibility index (Phi) is 14.2. The highest BCUT2D eigenvalue weighted by Gasteiger charge is 2.68. The molecule has 4 fully saturated rings. The SMILES string of the molecule is CC(C)C(N)=O.CC[C@@H]1[C@@H]2CN(C(=O)[C@H](C(C)(C)C)NC(=O)O[C@@H]3C[C@H]3CCCCC(F)(F)c3nc4ccc(OC)cc4nc3O2)[C@@H]1C(=O)N[C@]1(C(=O)NS(=O)(=O)C2(C)CC2)C[C@H]1C(F)F. The average Bonchev–Trinajstić information content (AvgIpc) is 4.19. The number of hydrogen-bond donors (Lipinski definition) is 4. The van der Waals surface area contributed by atoms with Crippen LogP contribution in [0.15, 0.2) is 18.2 Å². The molecule has 0 unspecified atom stereocenters. The molecule has 1 saturated heterocycles. The number of nitrogens with zero attached hydrogens (tertiary/aromatic N) is 3. The zero-order valence-corrected chi connectivity index (χ0v) is 39.2. The number of carbonyl (C=O) groups is 5. The van der Waals surface area contributed by atoms with Crippen molar-refractivity contribution in [2.24, 2.45) is 34.8 Å². The first-order valence-corrected chi connectivity index (χ1v) is 23.8. The number of carbonyl (C=O) groups excluding carboxylic acids is 5. The first kappa shape index (κ1) is 50.4. The summed E-state index contributed by atoms with van der Waals surface area (Å²) in [6.45, 7) is 11.2. The number of alkyl halides is 4. The van der Waals surface area contributed by atoms with Crippen LogP contribution in [0.5, 0.6) is 11.6 Å². The van der Waals surface area contributed by atoms with Crippen molar-refractivity contribution in [1.29, 1.82) is 0 Å². The zero-order chi connectivity index (χ0) is 48.9. The Balaban J connectivity index is 0.00000112. The number of hydrogen-bond acceptors (Lipinski definition) is 12. The lowest BCUT2D eigenvalue weighted by atomic mass is 9.85. The quantitative estimate of drug-likeness (QED) is 0.241. The summed E-state index contributed by atoms with van der Waals surface area (Å²) in [6.07, 6.45) is -4.91. The number of ether oxygens (including phenoxy) is 3. The lowest BCUT2D eigenvalue weighted by molar-refractivity contribution is -0.144. The molecule has 7 rings (SSSR count). The van der Waals surface area contributed by atoms with Gasteiger partial charge in [0, 0.05) is 24.3 Å². The zero-order valence-electron chi connectivity index (χ0n) is 38.4. The number of benzene rings is 1. The van der Waals surface area contributed by atoms with Crippen molar-refractivity contribution in [3.8, 4) is 11.6 Å². The second kappa shape index (κ2) is 18.6. The number of nitrogens with one attached hydrogen (secondary N) is 3. The number of fused-ring (bicyclic) bond motifs is 5. The van der Waals surface area contributed by atoms with Crippen LogP contribution < -0.4 is 30.6 Å². The standard InChI is InChI=1S/C40H52F4N6O9S.C4H9NO/c1-7-22-27-19-50(28(22)32(51)48-39(18-23(39)31(41)42)35(53)49-60(55,56)38(5)14-15-38)34(52)30(37(2,3)4)47-36(54)59-26-16-20(26)10-8-9-13-40(43,44)29-33(58-27)46-25-17-21(57-6)11-12-24(25)45-29;1-3(2)4(5)6/h11-12,17,20,22-23,26-28,30-31H,7-10,13-16,18-19H2,1-6H3,(H,47,54)(H,48,51)(H,49,53);3H,1-2H3,(H2,5,6)/t20-,22-,23+,26-,27+,28+,30-,39-;/m1./s1. The number of alkyl carbamates (subject to hydrolysis) is 1. The van der Waals surface area contributed by atoms with E-state index in [1.54, 1.807) is 47.6 Å². The van der Waals surface area contributed by atoms with E-state index in [2.05, 4.69) is 20.6 Å². The Morgan fingerprint density at radius 1 is 1.05 bits per heavy atom. The Morgan fingerprint density at radius 2 is 1.71 bits per heavy atom. The third kappa shape index (κ3) is 10.6. The van der Waals surface area contributed by atoms with Crippen LogP contribution in [0.1, 0.15) is 112 Å². The second-order valence-corrected chi connectivity index (χ2v) is 22.0. The van der Waals surface area contributed by atoms with Crippen molar-refractivity contribution in [3.05, 3.63) is 23.9 Å². The van der Waals surface area contributed by atoms with Gasteiger partial charge in [0.2, 0.25) is 40.1 Å². The van der Waals surface area contributed by atoms with Crippen molar-refractivity contribution < 1.29 is 64.2 Å². The number of methoxy groups -OCH3 is 1.